The smallest absolute Gasteiger partial charge is 0.462 e. The van der Waals surface area contributed by atoms with Gasteiger partial charge >= 0.3 is 13.1 Å². The zero-order valence-electron chi connectivity index (χ0n) is 20.4. The first-order valence-corrected chi connectivity index (χ1v) is 12.0. The Kier molecular flexibility index (Phi) is 6.82. The Hall–Kier alpha value is -2.38. The number of hydrogen-bond donors (Lipinski definition) is 1. The minimum atomic E-state index is -0.394. The zero-order chi connectivity index (χ0) is 23.6. The maximum atomic E-state index is 11.9. The molecule has 2 heterocycles. The lowest BCUT2D eigenvalue weighted by Crippen LogP contribution is -2.41. The van der Waals surface area contributed by atoms with Crippen molar-refractivity contribution < 1.29 is 18.8 Å². The summed E-state index contributed by atoms with van der Waals surface area (Å²) in [6, 6.07) is 11.6. The van der Waals surface area contributed by atoms with Crippen LogP contribution < -0.4 is 10.8 Å². The lowest BCUT2D eigenvalue weighted by Gasteiger charge is -2.32. The van der Waals surface area contributed by atoms with E-state index in [2.05, 4.69) is 45.1 Å². The highest BCUT2D eigenvalue weighted by molar-refractivity contribution is 6.62. The topological polar surface area (TPSA) is 69.7 Å². The number of aromatic nitrogens is 1. The summed E-state index contributed by atoms with van der Waals surface area (Å²) in [7, 11) is -0.394. The van der Waals surface area contributed by atoms with Gasteiger partial charge in [-0.2, -0.15) is 0 Å². The van der Waals surface area contributed by atoms with Gasteiger partial charge in [0.25, 0.3) is 0 Å². The van der Waals surface area contributed by atoms with Crippen molar-refractivity contribution in [3.8, 4) is 0 Å². The molecule has 0 radical (unpaired) electrons. The fourth-order valence-electron chi connectivity index (χ4n) is 4.02. The SMILES string of the molecule is CCOC(=O)c1ccc(NCC(CC2CC2)c2ccc(B3OC(C)(C)C(C)(C)O3)cn2)cc1. The van der Waals surface area contributed by atoms with Crippen LogP contribution >= 0.6 is 0 Å². The van der Waals surface area contributed by atoms with Gasteiger partial charge in [0.2, 0.25) is 0 Å². The van der Waals surface area contributed by atoms with Crippen LogP contribution in [0.1, 0.15) is 75.9 Å². The third-order valence-corrected chi connectivity index (χ3v) is 7.02. The first-order chi connectivity index (χ1) is 15.7. The van der Waals surface area contributed by atoms with Crippen molar-refractivity contribution in [2.45, 2.75) is 71.0 Å². The summed E-state index contributed by atoms with van der Waals surface area (Å²) in [6.45, 7) is 11.2. The third kappa shape index (κ3) is 5.58. The van der Waals surface area contributed by atoms with Crippen LogP contribution in [0.5, 0.6) is 0 Å². The van der Waals surface area contributed by atoms with E-state index in [0.29, 0.717) is 18.1 Å². The summed E-state index contributed by atoms with van der Waals surface area (Å²) in [5.74, 6) is 0.809. The van der Waals surface area contributed by atoms with Gasteiger partial charge in [0.05, 0.1) is 23.4 Å². The number of ether oxygens (including phenoxy) is 1. The lowest BCUT2D eigenvalue weighted by molar-refractivity contribution is 0.00578. The molecule has 1 unspecified atom stereocenters. The summed E-state index contributed by atoms with van der Waals surface area (Å²) in [5, 5.41) is 3.52. The van der Waals surface area contributed by atoms with Gasteiger partial charge in [0.1, 0.15) is 0 Å². The van der Waals surface area contributed by atoms with Crippen LogP contribution in [0.4, 0.5) is 5.69 Å². The van der Waals surface area contributed by atoms with E-state index < -0.39 is 7.12 Å². The molecular weight excluding hydrogens is 415 g/mol. The number of carbonyl (C=O) groups is 1. The van der Waals surface area contributed by atoms with Crippen LogP contribution in [0.3, 0.4) is 0 Å². The summed E-state index contributed by atoms with van der Waals surface area (Å²) in [6.07, 6.45) is 5.62. The molecule has 7 heteroatoms. The molecule has 33 heavy (non-hydrogen) atoms. The van der Waals surface area contributed by atoms with Crippen molar-refractivity contribution in [3.05, 3.63) is 53.9 Å². The van der Waals surface area contributed by atoms with Crippen molar-refractivity contribution in [1.29, 1.82) is 0 Å². The molecule has 1 aromatic heterocycles. The van der Waals surface area contributed by atoms with E-state index in [1.54, 1.807) is 12.1 Å². The van der Waals surface area contributed by atoms with E-state index in [4.69, 9.17) is 19.0 Å². The molecule has 1 saturated heterocycles. The number of carbonyl (C=O) groups excluding carboxylic acids is 1. The number of esters is 1. The Morgan fingerprint density at radius 3 is 2.33 bits per heavy atom. The molecule has 1 N–H and O–H groups in total. The molecular formula is C26H35BN2O4. The molecule has 4 rings (SSSR count). The number of nitrogens with zero attached hydrogens (tertiary/aromatic N) is 1. The minimum Gasteiger partial charge on any atom is -0.462 e. The third-order valence-electron chi connectivity index (χ3n) is 7.02. The van der Waals surface area contributed by atoms with Crippen molar-refractivity contribution in [3.63, 3.8) is 0 Å². The molecule has 2 aromatic rings. The van der Waals surface area contributed by atoms with E-state index in [0.717, 1.165) is 35.7 Å². The van der Waals surface area contributed by atoms with E-state index in [9.17, 15) is 4.79 Å². The normalized spacial score (nSPS) is 19.8. The molecule has 1 atom stereocenters. The van der Waals surface area contributed by atoms with Gasteiger partial charge in [-0.1, -0.05) is 18.9 Å². The Labute approximate surface area is 197 Å². The Balaban J connectivity index is 1.41. The van der Waals surface area contributed by atoms with Gasteiger partial charge in [0.15, 0.2) is 0 Å². The van der Waals surface area contributed by atoms with Gasteiger partial charge < -0.3 is 19.4 Å². The number of hydrogen-bond acceptors (Lipinski definition) is 6. The molecule has 1 aromatic carbocycles. The van der Waals surface area contributed by atoms with Crippen molar-refractivity contribution in [2.24, 2.45) is 5.92 Å². The predicted octanol–water partition coefficient (Wildman–Crippen LogP) is 4.55. The largest absolute Gasteiger partial charge is 0.496 e. The van der Waals surface area contributed by atoms with E-state index in [-0.39, 0.29) is 17.2 Å². The van der Waals surface area contributed by atoms with E-state index in [1.807, 2.05) is 25.3 Å². The molecule has 6 nitrogen and oxygen atoms in total. The number of benzene rings is 1. The highest BCUT2D eigenvalue weighted by atomic mass is 16.7. The van der Waals surface area contributed by atoms with Gasteiger partial charge in [-0.25, -0.2) is 4.79 Å². The molecule has 1 aliphatic heterocycles. The summed E-state index contributed by atoms with van der Waals surface area (Å²) in [4.78, 5) is 16.7. The first kappa shape index (κ1) is 23.8. The van der Waals surface area contributed by atoms with E-state index in [1.165, 1.54) is 12.8 Å². The van der Waals surface area contributed by atoms with Crippen molar-refractivity contribution in [2.75, 3.05) is 18.5 Å². The number of pyridine rings is 1. The van der Waals surface area contributed by atoms with E-state index >= 15 is 0 Å². The van der Waals surface area contributed by atoms with Crippen molar-refractivity contribution in [1.82, 2.24) is 4.98 Å². The Morgan fingerprint density at radius 1 is 1.12 bits per heavy atom. The highest BCUT2D eigenvalue weighted by Gasteiger charge is 2.51. The van der Waals surface area contributed by atoms with Gasteiger partial charge in [-0.15, -0.1) is 0 Å². The fourth-order valence-corrected chi connectivity index (χ4v) is 4.02. The molecule has 0 spiro atoms. The lowest BCUT2D eigenvalue weighted by atomic mass is 9.80. The summed E-state index contributed by atoms with van der Waals surface area (Å²) < 4.78 is 17.4. The number of anilines is 1. The molecule has 176 valence electrons. The van der Waals surface area contributed by atoms with Gasteiger partial charge in [-0.3, -0.25) is 4.98 Å². The Morgan fingerprint density at radius 2 is 1.79 bits per heavy atom. The summed E-state index contributed by atoms with van der Waals surface area (Å²) >= 11 is 0. The molecule has 2 aliphatic rings. The molecule has 0 bridgehead atoms. The quantitative estimate of drug-likeness (QED) is 0.447. The van der Waals surface area contributed by atoms with Crippen LogP contribution in [0.2, 0.25) is 0 Å². The predicted molar refractivity (Wildman–Crippen MR) is 131 cm³/mol. The average molecular weight is 450 g/mol. The fraction of sp³-hybridized carbons (Fsp3) is 0.538. The van der Waals surface area contributed by atoms with Gasteiger partial charge in [-0.05, 0) is 77.3 Å². The average Bonchev–Trinajstić information content (AvgIpc) is 3.57. The molecule has 0 amide bonds. The maximum Gasteiger partial charge on any atom is 0.496 e. The monoisotopic (exact) mass is 450 g/mol. The maximum absolute atomic E-state index is 11.9. The molecule has 1 aliphatic carbocycles. The highest BCUT2D eigenvalue weighted by Crippen LogP contribution is 2.39. The van der Waals surface area contributed by atoms with Gasteiger partial charge in [0, 0.05) is 35.5 Å². The number of nitrogens with one attached hydrogen (secondary N) is 1. The van der Waals surface area contributed by atoms with Crippen molar-refractivity contribution >= 4 is 24.2 Å². The molecule has 1 saturated carbocycles. The minimum absolute atomic E-state index is 0.290. The van der Waals surface area contributed by atoms with Crippen LogP contribution in [0.15, 0.2) is 42.6 Å². The van der Waals surface area contributed by atoms with Crippen LogP contribution in [0, 0.1) is 5.92 Å². The second kappa shape index (κ2) is 9.47. The first-order valence-electron chi connectivity index (χ1n) is 12.0. The van der Waals surface area contributed by atoms with Crippen LogP contribution in [-0.4, -0.2) is 42.4 Å². The molecule has 2 fully saturated rings. The second-order valence-corrected chi connectivity index (χ2v) is 10.2. The van der Waals surface area contributed by atoms with Crippen LogP contribution in [0.25, 0.3) is 0 Å². The second-order valence-electron chi connectivity index (χ2n) is 10.2. The zero-order valence-corrected chi connectivity index (χ0v) is 20.4. The van der Waals surface area contributed by atoms with Crippen LogP contribution in [-0.2, 0) is 14.0 Å². The summed E-state index contributed by atoms with van der Waals surface area (Å²) in [5.41, 5.74) is 2.85. The standard InChI is InChI=1S/C26H35BN2O4/c1-6-31-24(30)19-9-12-22(13-10-19)28-16-20(15-18-7-8-18)23-14-11-21(17-29-23)27-32-25(2,3)26(4,5)33-27/h9-14,17-18,20,28H,6-8,15-16H2,1-5H3. The number of rotatable bonds is 9. The Bertz CT molecular complexity index is 939.